The van der Waals surface area contributed by atoms with Crippen LogP contribution in [0.25, 0.3) is 0 Å². The van der Waals surface area contributed by atoms with Crippen molar-refractivity contribution < 1.29 is 4.74 Å². The quantitative estimate of drug-likeness (QED) is 0.803. The van der Waals surface area contributed by atoms with Crippen molar-refractivity contribution in [3.8, 4) is 0 Å². The fraction of sp³-hybridized carbons (Fsp3) is 0.600. The first-order valence-electron chi connectivity index (χ1n) is 5.14. The summed E-state index contributed by atoms with van der Waals surface area (Å²) in [5.41, 5.74) is 0. The van der Waals surface area contributed by atoms with Crippen molar-refractivity contribution in [1.29, 1.82) is 0 Å². The highest BCUT2D eigenvalue weighted by atomic mass is 35.5. The van der Waals surface area contributed by atoms with Gasteiger partial charge in [0.05, 0.1) is 6.61 Å². The number of hydrogen-bond donors (Lipinski definition) is 1. The maximum Gasteiger partial charge on any atom is 0.134 e. The molecule has 1 aromatic heterocycles. The summed E-state index contributed by atoms with van der Waals surface area (Å²) in [5.74, 6) is 1.35. The van der Waals surface area contributed by atoms with Crippen LogP contribution in [0, 0.1) is 5.92 Å². The minimum Gasteiger partial charge on any atom is -0.381 e. The molecule has 82 valence electrons. The second kappa shape index (κ2) is 5.28. The van der Waals surface area contributed by atoms with Crippen LogP contribution >= 0.6 is 11.6 Å². The second-order valence-electron chi connectivity index (χ2n) is 3.69. The van der Waals surface area contributed by atoms with Crippen LogP contribution in [0.2, 0.25) is 5.15 Å². The molecule has 1 fully saturated rings. The van der Waals surface area contributed by atoms with Crippen LogP contribution in [-0.2, 0) is 4.74 Å². The Hall–Kier alpha value is -0.870. The number of ether oxygens (including phenoxy) is 1. The normalized spacial score (nSPS) is 21.3. The molecule has 0 bridgehead atoms. The average molecular weight is 228 g/mol. The molecule has 2 rings (SSSR count). The number of nitrogens with zero attached hydrogens (tertiary/aromatic N) is 2. The number of halogens is 1. The van der Waals surface area contributed by atoms with Crippen molar-refractivity contribution in [2.75, 3.05) is 25.1 Å². The zero-order valence-electron chi connectivity index (χ0n) is 8.45. The molecule has 1 aliphatic heterocycles. The highest BCUT2D eigenvalue weighted by Gasteiger charge is 2.13. The molecule has 0 radical (unpaired) electrons. The van der Waals surface area contributed by atoms with Gasteiger partial charge < -0.3 is 10.1 Å². The molecule has 1 atom stereocenters. The topological polar surface area (TPSA) is 47.0 Å². The summed E-state index contributed by atoms with van der Waals surface area (Å²) >= 11 is 5.75. The van der Waals surface area contributed by atoms with E-state index >= 15 is 0 Å². The first-order chi connectivity index (χ1) is 7.34. The summed E-state index contributed by atoms with van der Waals surface area (Å²) in [6.45, 7) is 2.62. The lowest BCUT2D eigenvalue weighted by molar-refractivity contribution is 0.0595. The Morgan fingerprint density at radius 3 is 3.20 bits per heavy atom. The van der Waals surface area contributed by atoms with E-state index in [1.807, 2.05) is 0 Å². The summed E-state index contributed by atoms with van der Waals surface area (Å²) in [5, 5.41) is 3.70. The van der Waals surface area contributed by atoms with Crippen molar-refractivity contribution in [3.63, 3.8) is 0 Å². The van der Waals surface area contributed by atoms with Crippen molar-refractivity contribution >= 4 is 17.4 Å². The van der Waals surface area contributed by atoms with Crippen LogP contribution in [0.15, 0.2) is 12.4 Å². The standard InChI is InChI=1S/C10H14ClN3O/c11-9-4-10(14-7-13-9)12-5-8-2-1-3-15-6-8/h4,7-8H,1-3,5-6H2,(H,12,13,14). The zero-order chi connectivity index (χ0) is 10.5. The van der Waals surface area contributed by atoms with Crippen LogP contribution in [0.3, 0.4) is 0 Å². The van der Waals surface area contributed by atoms with Crippen LogP contribution in [-0.4, -0.2) is 29.7 Å². The summed E-state index contributed by atoms with van der Waals surface area (Å²) < 4.78 is 5.40. The minimum absolute atomic E-state index is 0.465. The summed E-state index contributed by atoms with van der Waals surface area (Å²) in [7, 11) is 0. The molecule has 1 aliphatic rings. The lowest BCUT2D eigenvalue weighted by atomic mass is 10.0. The van der Waals surface area contributed by atoms with Crippen molar-refractivity contribution in [1.82, 2.24) is 9.97 Å². The van der Waals surface area contributed by atoms with Crippen molar-refractivity contribution in [3.05, 3.63) is 17.5 Å². The molecule has 1 aromatic rings. The molecule has 1 unspecified atom stereocenters. The smallest absolute Gasteiger partial charge is 0.134 e. The third kappa shape index (κ3) is 3.32. The predicted octanol–water partition coefficient (Wildman–Crippen LogP) is 1.97. The molecule has 2 heterocycles. The first kappa shape index (κ1) is 10.6. The minimum atomic E-state index is 0.465. The highest BCUT2D eigenvalue weighted by Crippen LogP contribution is 2.15. The van der Waals surface area contributed by atoms with E-state index in [0.717, 1.165) is 32.0 Å². The summed E-state index contributed by atoms with van der Waals surface area (Å²) in [6, 6.07) is 1.73. The van der Waals surface area contributed by atoms with Gasteiger partial charge >= 0.3 is 0 Å². The van der Waals surface area contributed by atoms with Crippen molar-refractivity contribution in [2.24, 2.45) is 5.92 Å². The Morgan fingerprint density at radius 2 is 2.47 bits per heavy atom. The van der Waals surface area contributed by atoms with Gasteiger partial charge in [0.15, 0.2) is 0 Å². The fourth-order valence-corrected chi connectivity index (χ4v) is 1.79. The largest absolute Gasteiger partial charge is 0.381 e. The second-order valence-corrected chi connectivity index (χ2v) is 4.08. The molecule has 0 amide bonds. The highest BCUT2D eigenvalue weighted by molar-refractivity contribution is 6.29. The van der Waals surface area contributed by atoms with Crippen molar-refractivity contribution in [2.45, 2.75) is 12.8 Å². The number of hydrogen-bond acceptors (Lipinski definition) is 4. The zero-order valence-corrected chi connectivity index (χ0v) is 9.20. The Morgan fingerprint density at radius 1 is 1.53 bits per heavy atom. The first-order valence-corrected chi connectivity index (χ1v) is 5.51. The van der Waals surface area contributed by atoms with E-state index in [0.29, 0.717) is 11.1 Å². The number of rotatable bonds is 3. The van der Waals surface area contributed by atoms with E-state index in [9.17, 15) is 0 Å². The lowest BCUT2D eigenvalue weighted by Crippen LogP contribution is -2.24. The summed E-state index contributed by atoms with van der Waals surface area (Å²) in [4.78, 5) is 7.90. The number of anilines is 1. The molecule has 15 heavy (non-hydrogen) atoms. The SMILES string of the molecule is Clc1cc(NCC2CCCOC2)ncn1. The number of nitrogens with one attached hydrogen (secondary N) is 1. The van der Waals surface area contributed by atoms with Gasteiger partial charge in [-0.2, -0.15) is 0 Å². The van der Waals surface area contributed by atoms with Gasteiger partial charge in [-0.05, 0) is 18.8 Å². The lowest BCUT2D eigenvalue weighted by Gasteiger charge is -2.22. The molecule has 0 aromatic carbocycles. The van der Waals surface area contributed by atoms with E-state index in [1.54, 1.807) is 6.07 Å². The molecular weight excluding hydrogens is 214 g/mol. The molecule has 0 saturated carbocycles. The molecule has 0 spiro atoms. The van der Waals surface area contributed by atoms with Gasteiger partial charge in [-0.25, -0.2) is 9.97 Å². The molecular formula is C10H14ClN3O. The molecule has 0 aliphatic carbocycles. The molecule has 4 nitrogen and oxygen atoms in total. The molecule has 1 saturated heterocycles. The van der Waals surface area contributed by atoms with E-state index < -0.39 is 0 Å². The Bertz CT molecular complexity index is 315. The Balaban J connectivity index is 1.81. The van der Waals surface area contributed by atoms with Gasteiger partial charge in [0.25, 0.3) is 0 Å². The van der Waals surface area contributed by atoms with E-state index in [1.165, 1.54) is 12.7 Å². The third-order valence-corrected chi connectivity index (χ3v) is 2.67. The van der Waals surface area contributed by atoms with Gasteiger partial charge in [0.1, 0.15) is 17.3 Å². The van der Waals surface area contributed by atoms with E-state index in [-0.39, 0.29) is 0 Å². The summed E-state index contributed by atoms with van der Waals surface area (Å²) in [6.07, 6.45) is 3.82. The van der Waals surface area contributed by atoms with Crippen LogP contribution < -0.4 is 5.32 Å². The number of aromatic nitrogens is 2. The monoisotopic (exact) mass is 227 g/mol. The molecule has 5 heteroatoms. The maximum atomic E-state index is 5.75. The third-order valence-electron chi connectivity index (χ3n) is 2.46. The average Bonchev–Trinajstić information content (AvgIpc) is 2.28. The van der Waals surface area contributed by atoms with Crippen LogP contribution in [0.5, 0.6) is 0 Å². The van der Waals surface area contributed by atoms with Gasteiger partial charge in [0, 0.05) is 19.2 Å². The maximum absolute atomic E-state index is 5.75. The van der Waals surface area contributed by atoms with E-state index in [4.69, 9.17) is 16.3 Å². The Kier molecular flexibility index (Phi) is 3.75. The van der Waals surface area contributed by atoms with Gasteiger partial charge in [0.2, 0.25) is 0 Å². The van der Waals surface area contributed by atoms with Crippen LogP contribution in [0.1, 0.15) is 12.8 Å². The van der Waals surface area contributed by atoms with Gasteiger partial charge in [-0.15, -0.1) is 0 Å². The fourth-order valence-electron chi connectivity index (χ4n) is 1.65. The van der Waals surface area contributed by atoms with E-state index in [2.05, 4.69) is 15.3 Å². The Labute approximate surface area is 94.0 Å². The predicted molar refractivity (Wildman–Crippen MR) is 59.1 cm³/mol. The van der Waals surface area contributed by atoms with Gasteiger partial charge in [-0.1, -0.05) is 11.6 Å². The van der Waals surface area contributed by atoms with Gasteiger partial charge in [-0.3, -0.25) is 0 Å². The molecule has 1 N–H and O–H groups in total. The van der Waals surface area contributed by atoms with Crippen LogP contribution in [0.4, 0.5) is 5.82 Å².